The summed E-state index contributed by atoms with van der Waals surface area (Å²) >= 11 is 0. The van der Waals surface area contributed by atoms with Crippen LogP contribution in [0.3, 0.4) is 0 Å². The minimum atomic E-state index is -4.81. The van der Waals surface area contributed by atoms with Crippen LogP contribution in [0.25, 0.3) is 22.3 Å². The standard InChI is InChI=1S/C25H24F4N8O/c1-35(24(38)32-19-6-5-15(26)14-18(19)25(27,28)29)16-8-12-37(13-9-16)23-17-4-3-10-30-21(17)22(33-34-23)20-7-11-31-36(20)2/h3-7,10-11,14,16H,8-9,12-13H2,1-2H3,(H,32,38). The fourth-order valence-electron chi connectivity index (χ4n) is 4.68. The second-order valence-electron chi connectivity index (χ2n) is 9.06. The van der Waals surface area contributed by atoms with Crippen molar-refractivity contribution >= 4 is 28.4 Å². The number of halogens is 4. The second kappa shape index (κ2) is 9.88. The Morgan fingerprint density at radius 1 is 1.11 bits per heavy atom. The Morgan fingerprint density at radius 2 is 1.87 bits per heavy atom. The van der Waals surface area contributed by atoms with Crippen molar-refractivity contribution in [1.29, 1.82) is 0 Å². The normalized spacial score (nSPS) is 14.6. The van der Waals surface area contributed by atoms with Crippen LogP contribution in [-0.4, -0.2) is 62.1 Å². The predicted octanol–water partition coefficient (Wildman–Crippen LogP) is 4.72. The molecule has 5 rings (SSSR count). The van der Waals surface area contributed by atoms with Crippen LogP contribution < -0.4 is 10.2 Å². The quantitative estimate of drug-likeness (QED) is 0.386. The van der Waals surface area contributed by atoms with E-state index in [1.165, 1.54) is 11.9 Å². The zero-order chi connectivity index (χ0) is 27.0. The van der Waals surface area contributed by atoms with E-state index in [4.69, 9.17) is 0 Å². The van der Waals surface area contributed by atoms with Gasteiger partial charge in [0.25, 0.3) is 0 Å². The van der Waals surface area contributed by atoms with E-state index in [0.29, 0.717) is 49.0 Å². The van der Waals surface area contributed by atoms with Gasteiger partial charge in [-0.15, -0.1) is 10.2 Å². The van der Waals surface area contributed by atoms with Gasteiger partial charge in [-0.1, -0.05) is 0 Å². The first-order valence-electron chi connectivity index (χ1n) is 11.9. The Hall–Kier alpha value is -4.29. The van der Waals surface area contributed by atoms with Crippen LogP contribution in [0.4, 0.5) is 33.9 Å². The van der Waals surface area contributed by atoms with E-state index in [9.17, 15) is 22.4 Å². The number of carbonyl (C=O) groups is 1. The van der Waals surface area contributed by atoms with Crippen LogP contribution in [0.5, 0.6) is 0 Å². The summed E-state index contributed by atoms with van der Waals surface area (Å²) in [5.74, 6) is -0.360. The van der Waals surface area contributed by atoms with Gasteiger partial charge in [-0.2, -0.15) is 18.3 Å². The SMILES string of the molecule is CN(C(=O)Nc1ccc(F)cc1C(F)(F)F)C1CCN(c2nnc(-c3ccnn3C)c3ncccc23)CC1. The summed E-state index contributed by atoms with van der Waals surface area (Å²) in [6.45, 7) is 1.10. The molecule has 13 heteroatoms. The number of aryl methyl sites for hydroxylation is 1. The molecule has 1 aliphatic heterocycles. The van der Waals surface area contributed by atoms with Crippen LogP contribution in [0.1, 0.15) is 18.4 Å². The summed E-state index contributed by atoms with van der Waals surface area (Å²) in [4.78, 5) is 20.8. The molecule has 1 saturated heterocycles. The van der Waals surface area contributed by atoms with Crippen LogP contribution in [-0.2, 0) is 13.2 Å². The molecule has 9 nitrogen and oxygen atoms in total. The zero-order valence-corrected chi connectivity index (χ0v) is 20.6. The van der Waals surface area contributed by atoms with E-state index < -0.39 is 29.3 Å². The van der Waals surface area contributed by atoms with Gasteiger partial charge >= 0.3 is 12.2 Å². The van der Waals surface area contributed by atoms with Crippen molar-refractivity contribution in [3.8, 4) is 11.4 Å². The molecule has 0 atom stereocenters. The highest BCUT2D eigenvalue weighted by Gasteiger charge is 2.35. The molecule has 0 saturated carbocycles. The number of nitrogens with zero attached hydrogens (tertiary/aromatic N) is 7. The molecule has 38 heavy (non-hydrogen) atoms. The molecule has 0 unspecified atom stereocenters. The number of hydrogen-bond acceptors (Lipinski definition) is 6. The number of hydrogen-bond donors (Lipinski definition) is 1. The van der Waals surface area contributed by atoms with Gasteiger partial charge in [-0.05, 0) is 49.2 Å². The topological polar surface area (TPSA) is 92.1 Å². The summed E-state index contributed by atoms with van der Waals surface area (Å²) < 4.78 is 55.1. The molecule has 1 N–H and O–H groups in total. The first-order chi connectivity index (χ1) is 18.1. The Bertz CT molecular complexity index is 1480. The Kier molecular flexibility index (Phi) is 6.59. The summed E-state index contributed by atoms with van der Waals surface area (Å²) in [7, 11) is 3.35. The summed E-state index contributed by atoms with van der Waals surface area (Å²) in [6, 6.07) is 6.85. The van der Waals surface area contributed by atoms with Gasteiger partial charge in [0.1, 0.15) is 17.0 Å². The maximum absolute atomic E-state index is 13.4. The Morgan fingerprint density at radius 3 is 2.55 bits per heavy atom. The lowest BCUT2D eigenvalue weighted by atomic mass is 10.0. The lowest BCUT2D eigenvalue weighted by Crippen LogP contribution is -2.47. The molecular formula is C25H24F4N8O. The van der Waals surface area contributed by atoms with E-state index in [0.717, 1.165) is 23.2 Å². The molecule has 4 heterocycles. The molecule has 0 radical (unpaired) electrons. The van der Waals surface area contributed by atoms with Gasteiger partial charge in [-0.25, -0.2) is 9.18 Å². The molecule has 0 spiro atoms. The third kappa shape index (κ3) is 4.83. The number of piperidine rings is 1. The minimum Gasteiger partial charge on any atom is -0.354 e. The van der Waals surface area contributed by atoms with Crippen LogP contribution in [0.15, 0.2) is 48.8 Å². The average molecular weight is 529 g/mol. The number of pyridine rings is 1. The van der Waals surface area contributed by atoms with E-state index >= 15 is 0 Å². The third-order valence-electron chi connectivity index (χ3n) is 6.74. The van der Waals surface area contributed by atoms with Crippen molar-refractivity contribution in [2.24, 2.45) is 7.05 Å². The molecule has 1 aliphatic rings. The maximum atomic E-state index is 13.4. The van der Waals surface area contributed by atoms with Gasteiger partial charge in [0.05, 0.1) is 16.9 Å². The Balaban J connectivity index is 1.30. The smallest absolute Gasteiger partial charge is 0.354 e. The number of amides is 2. The number of fused-ring (bicyclic) bond motifs is 1. The number of anilines is 2. The molecule has 198 valence electrons. The lowest BCUT2D eigenvalue weighted by Gasteiger charge is -2.37. The number of alkyl halides is 3. The summed E-state index contributed by atoms with van der Waals surface area (Å²) in [5, 5.41) is 16.2. The van der Waals surface area contributed by atoms with Crippen LogP contribution in [0, 0.1) is 5.82 Å². The molecular weight excluding hydrogens is 504 g/mol. The number of rotatable bonds is 4. The number of nitrogens with one attached hydrogen (secondary N) is 1. The van der Waals surface area contributed by atoms with Crippen molar-refractivity contribution < 1.29 is 22.4 Å². The molecule has 2 amide bonds. The van der Waals surface area contributed by atoms with Crippen molar-refractivity contribution in [2.45, 2.75) is 25.1 Å². The molecule has 1 fully saturated rings. The van der Waals surface area contributed by atoms with E-state index in [1.54, 1.807) is 17.1 Å². The Labute approximate surface area is 215 Å². The molecule has 3 aromatic heterocycles. The molecule has 1 aromatic carbocycles. The number of urea groups is 1. The summed E-state index contributed by atoms with van der Waals surface area (Å²) in [5.41, 5.74) is 0.377. The first kappa shape index (κ1) is 25.4. The molecule has 0 aliphatic carbocycles. The molecule has 4 aromatic rings. The third-order valence-corrected chi connectivity index (χ3v) is 6.74. The highest BCUT2D eigenvalue weighted by atomic mass is 19.4. The van der Waals surface area contributed by atoms with Gasteiger partial charge in [0.15, 0.2) is 5.82 Å². The number of carbonyl (C=O) groups excluding carboxylic acids is 1. The minimum absolute atomic E-state index is 0.216. The average Bonchev–Trinajstić information content (AvgIpc) is 3.33. The fourth-order valence-corrected chi connectivity index (χ4v) is 4.68. The number of aromatic nitrogens is 5. The fraction of sp³-hybridized carbons (Fsp3) is 0.320. The van der Waals surface area contributed by atoms with Gasteiger partial charge in [0.2, 0.25) is 0 Å². The predicted molar refractivity (Wildman–Crippen MR) is 133 cm³/mol. The zero-order valence-electron chi connectivity index (χ0n) is 20.6. The highest BCUT2D eigenvalue weighted by Crippen LogP contribution is 2.36. The van der Waals surface area contributed by atoms with Crippen molar-refractivity contribution in [1.82, 2.24) is 29.9 Å². The van der Waals surface area contributed by atoms with Crippen molar-refractivity contribution in [3.05, 3.63) is 60.2 Å². The van der Waals surface area contributed by atoms with E-state index in [-0.39, 0.29) is 6.04 Å². The maximum Gasteiger partial charge on any atom is 0.418 e. The highest BCUT2D eigenvalue weighted by molar-refractivity contribution is 5.97. The van der Waals surface area contributed by atoms with Gasteiger partial charge in [0, 0.05) is 51.0 Å². The molecule has 0 bridgehead atoms. The van der Waals surface area contributed by atoms with E-state index in [2.05, 4.69) is 30.5 Å². The van der Waals surface area contributed by atoms with Crippen molar-refractivity contribution in [2.75, 3.05) is 30.4 Å². The van der Waals surface area contributed by atoms with Gasteiger partial charge < -0.3 is 15.1 Å². The van der Waals surface area contributed by atoms with Gasteiger partial charge in [-0.3, -0.25) is 9.67 Å². The largest absolute Gasteiger partial charge is 0.418 e. The van der Waals surface area contributed by atoms with Crippen molar-refractivity contribution in [3.63, 3.8) is 0 Å². The lowest BCUT2D eigenvalue weighted by molar-refractivity contribution is -0.137. The first-order valence-corrected chi connectivity index (χ1v) is 11.9. The van der Waals surface area contributed by atoms with E-state index in [1.807, 2.05) is 25.2 Å². The monoisotopic (exact) mass is 528 g/mol. The van der Waals surface area contributed by atoms with Crippen LogP contribution in [0.2, 0.25) is 0 Å². The number of benzene rings is 1. The second-order valence-corrected chi connectivity index (χ2v) is 9.06. The van der Waals surface area contributed by atoms with Crippen LogP contribution >= 0.6 is 0 Å². The summed E-state index contributed by atoms with van der Waals surface area (Å²) in [6.07, 6.45) is -0.311.